The van der Waals surface area contributed by atoms with Crippen molar-refractivity contribution in [1.82, 2.24) is 19.7 Å². The van der Waals surface area contributed by atoms with E-state index in [-0.39, 0.29) is 11.6 Å². The Morgan fingerprint density at radius 3 is 2.81 bits per heavy atom. The summed E-state index contributed by atoms with van der Waals surface area (Å²) in [6, 6.07) is 9.45. The number of nitrogens with one attached hydrogen (secondary N) is 1. The molecule has 3 aromatic rings. The number of thiazole rings is 1. The summed E-state index contributed by atoms with van der Waals surface area (Å²) >= 11 is 2.87. The lowest BCUT2D eigenvalue weighted by Gasteiger charge is -2.17. The molecule has 0 aliphatic heterocycles. The number of nitrogens with zero attached hydrogens (tertiary/aromatic N) is 4. The van der Waals surface area contributed by atoms with Gasteiger partial charge in [-0.3, -0.25) is 14.3 Å². The molecular formula is C17H19N5O2S2. The third kappa shape index (κ3) is 4.05. The second-order valence-corrected chi connectivity index (χ2v) is 7.34. The zero-order valence-electron chi connectivity index (χ0n) is 14.5. The summed E-state index contributed by atoms with van der Waals surface area (Å²) in [7, 11) is 0. The summed E-state index contributed by atoms with van der Waals surface area (Å²) < 4.78 is 1.63. The number of rotatable bonds is 7. The smallest absolute Gasteiger partial charge is 0.274 e. The summed E-state index contributed by atoms with van der Waals surface area (Å²) in [5, 5.41) is 9.76. The van der Waals surface area contributed by atoms with E-state index in [1.807, 2.05) is 42.6 Å². The average molecular weight is 390 g/mol. The number of aromatic amines is 1. The number of thioether (sulfide) groups is 1. The molecule has 1 amide bonds. The monoisotopic (exact) mass is 389 g/mol. The van der Waals surface area contributed by atoms with Crippen LogP contribution in [0.4, 0.5) is 10.8 Å². The van der Waals surface area contributed by atoms with Crippen molar-refractivity contribution in [2.75, 3.05) is 4.90 Å². The molecule has 1 aromatic carbocycles. The molecule has 0 aliphatic carbocycles. The van der Waals surface area contributed by atoms with Gasteiger partial charge in [-0.2, -0.15) is 0 Å². The summed E-state index contributed by atoms with van der Waals surface area (Å²) in [6.07, 6.45) is 0.860. The van der Waals surface area contributed by atoms with Gasteiger partial charge in [0.15, 0.2) is 10.3 Å². The number of benzene rings is 1. The topological polar surface area (TPSA) is 83.9 Å². The molecule has 0 saturated carbocycles. The van der Waals surface area contributed by atoms with Crippen molar-refractivity contribution in [3.63, 3.8) is 0 Å². The van der Waals surface area contributed by atoms with E-state index in [9.17, 15) is 9.59 Å². The molecule has 0 bridgehead atoms. The van der Waals surface area contributed by atoms with Crippen LogP contribution in [0.1, 0.15) is 26.0 Å². The van der Waals surface area contributed by atoms with Crippen LogP contribution >= 0.6 is 23.1 Å². The minimum atomic E-state index is -0.194. The van der Waals surface area contributed by atoms with Gasteiger partial charge in [0.1, 0.15) is 0 Å². The van der Waals surface area contributed by atoms with Gasteiger partial charge >= 0.3 is 5.69 Å². The van der Waals surface area contributed by atoms with Gasteiger partial charge in [0.05, 0.1) is 11.4 Å². The Bertz CT molecular complexity index is 932. The Labute approximate surface area is 159 Å². The lowest BCUT2D eigenvalue weighted by atomic mass is 10.3. The number of anilines is 2. The van der Waals surface area contributed by atoms with E-state index in [0.717, 1.165) is 17.8 Å². The first-order valence-corrected chi connectivity index (χ1v) is 10.0. The Morgan fingerprint density at radius 2 is 2.12 bits per heavy atom. The molecule has 0 saturated heterocycles. The van der Waals surface area contributed by atoms with E-state index in [0.29, 0.717) is 22.6 Å². The molecule has 2 heterocycles. The Hall–Kier alpha value is -2.39. The fourth-order valence-electron chi connectivity index (χ4n) is 2.44. The quantitative estimate of drug-likeness (QED) is 0.626. The minimum Gasteiger partial charge on any atom is -0.274 e. The van der Waals surface area contributed by atoms with Gasteiger partial charge in [-0.25, -0.2) is 14.9 Å². The highest BCUT2D eigenvalue weighted by Crippen LogP contribution is 2.30. The maximum atomic E-state index is 12.1. The molecule has 26 heavy (non-hydrogen) atoms. The number of amides is 1. The molecular weight excluding hydrogens is 370 g/mol. The van der Waals surface area contributed by atoms with Gasteiger partial charge in [0.2, 0.25) is 5.91 Å². The Morgan fingerprint density at radius 1 is 1.35 bits per heavy atom. The molecule has 0 unspecified atom stereocenters. The highest BCUT2D eigenvalue weighted by Gasteiger charge is 2.18. The van der Waals surface area contributed by atoms with E-state index < -0.39 is 0 Å². The van der Waals surface area contributed by atoms with Crippen LogP contribution in [-0.2, 0) is 17.1 Å². The zero-order valence-corrected chi connectivity index (χ0v) is 16.1. The van der Waals surface area contributed by atoms with E-state index >= 15 is 0 Å². The second kappa shape index (κ2) is 8.33. The molecule has 0 atom stereocenters. The number of carbonyl (C=O) groups excluding carboxylic acids is 1. The number of para-hydroxylation sites is 1. The van der Waals surface area contributed by atoms with Gasteiger partial charge in [0, 0.05) is 24.6 Å². The van der Waals surface area contributed by atoms with E-state index in [2.05, 4.69) is 15.2 Å². The highest BCUT2D eigenvalue weighted by atomic mass is 32.2. The SMILES string of the molecule is CCCn1c(SCc2csc(N(C(C)=O)c3ccccc3)n2)n[nH]c1=O. The van der Waals surface area contributed by atoms with Crippen LogP contribution in [-0.4, -0.2) is 25.7 Å². The second-order valence-electron chi connectivity index (χ2n) is 5.56. The molecule has 3 rings (SSSR count). The lowest BCUT2D eigenvalue weighted by Crippen LogP contribution is -2.22. The molecule has 0 spiro atoms. The molecule has 136 valence electrons. The first-order valence-electron chi connectivity index (χ1n) is 8.18. The number of hydrogen-bond acceptors (Lipinski definition) is 6. The molecule has 0 fully saturated rings. The maximum Gasteiger partial charge on any atom is 0.343 e. The number of H-pyrrole nitrogens is 1. The molecule has 0 radical (unpaired) electrons. The lowest BCUT2D eigenvalue weighted by molar-refractivity contribution is -0.115. The van der Waals surface area contributed by atoms with E-state index in [1.165, 1.54) is 30.0 Å². The van der Waals surface area contributed by atoms with Crippen LogP contribution in [0.25, 0.3) is 0 Å². The fraction of sp³-hybridized carbons (Fsp3) is 0.294. The Balaban J connectivity index is 1.75. The third-order valence-electron chi connectivity index (χ3n) is 3.58. The molecule has 1 N–H and O–H groups in total. The average Bonchev–Trinajstić information content (AvgIpc) is 3.22. The van der Waals surface area contributed by atoms with Gasteiger partial charge in [-0.1, -0.05) is 36.9 Å². The maximum absolute atomic E-state index is 12.1. The molecule has 0 aliphatic rings. The third-order valence-corrected chi connectivity index (χ3v) is 5.46. The summed E-state index contributed by atoms with van der Waals surface area (Å²) in [4.78, 5) is 30.0. The minimum absolute atomic E-state index is 0.0890. The van der Waals surface area contributed by atoms with Crippen molar-refractivity contribution in [2.24, 2.45) is 0 Å². The highest BCUT2D eigenvalue weighted by molar-refractivity contribution is 7.98. The van der Waals surface area contributed by atoms with Crippen molar-refractivity contribution in [1.29, 1.82) is 0 Å². The van der Waals surface area contributed by atoms with Gasteiger partial charge in [-0.15, -0.1) is 16.4 Å². The molecule has 2 aromatic heterocycles. The van der Waals surface area contributed by atoms with E-state index in [1.54, 1.807) is 9.47 Å². The summed E-state index contributed by atoms with van der Waals surface area (Å²) in [6.45, 7) is 4.17. The first kappa shape index (κ1) is 18.4. The number of carbonyl (C=O) groups is 1. The van der Waals surface area contributed by atoms with Crippen molar-refractivity contribution >= 4 is 39.8 Å². The molecule has 7 nitrogen and oxygen atoms in total. The van der Waals surface area contributed by atoms with Crippen LogP contribution in [0.3, 0.4) is 0 Å². The zero-order chi connectivity index (χ0) is 18.5. The van der Waals surface area contributed by atoms with Crippen LogP contribution in [0.2, 0.25) is 0 Å². The van der Waals surface area contributed by atoms with Crippen molar-refractivity contribution in [3.05, 3.63) is 51.9 Å². The summed E-state index contributed by atoms with van der Waals surface area (Å²) in [5.74, 6) is 0.485. The standard InChI is InChI=1S/C17H19N5O2S2/c1-3-9-21-15(24)19-20-17(21)26-11-13-10-25-16(18-13)22(12(2)23)14-7-5-4-6-8-14/h4-8,10H,3,9,11H2,1-2H3,(H,19,24). The fourth-order valence-corrected chi connectivity index (χ4v) is 4.30. The molecule has 9 heteroatoms. The van der Waals surface area contributed by atoms with Crippen molar-refractivity contribution in [3.8, 4) is 0 Å². The van der Waals surface area contributed by atoms with Gasteiger partial charge < -0.3 is 0 Å². The number of aromatic nitrogens is 4. The van der Waals surface area contributed by atoms with Gasteiger partial charge in [-0.05, 0) is 18.6 Å². The van der Waals surface area contributed by atoms with Crippen LogP contribution in [0, 0.1) is 0 Å². The largest absolute Gasteiger partial charge is 0.343 e. The predicted molar refractivity (Wildman–Crippen MR) is 104 cm³/mol. The Kier molecular flexibility index (Phi) is 5.89. The van der Waals surface area contributed by atoms with Crippen LogP contribution in [0.15, 0.2) is 45.7 Å². The van der Waals surface area contributed by atoms with Crippen molar-refractivity contribution in [2.45, 2.75) is 37.7 Å². The van der Waals surface area contributed by atoms with Crippen LogP contribution < -0.4 is 10.6 Å². The normalized spacial score (nSPS) is 10.8. The van der Waals surface area contributed by atoms with E-state index in [4.69, 9.17) is 0 Å². The summed E-state index contributed by atoms with van der Waals surface area (Å²) in [5.41, 5.74) is 1.44. The van der Waals surface area contributed by atoms with Crippen LogP contribution in [0.5, 0.6) is 0 Å². The van der Waals surface area contributed by atoms with Gasteiger partial charge in [0.25, 0.3) is 0 Å². The predicted octanol–water partition coefficient (Wildman–Crippen LogP) is 3.41. The first-order chi connectivity index (χ1) is 12.6. The number of hydrogen-bond donors (Lipinski definition) is 1. The van der Waals surface area contributed by atoms with Crippen molar-refractivity contribution < 1.29 is 4.79 Å².